The normalized spacial score (nSPS) is 11.1. The lowest BCUT2D eigenvalue weighted by atomic mass is 10.2. The molecule has 0 radical (unpaired) electrons. The first-order valence-electron chi connectivity index (χ1n) is 5.56. The predicted molar refractivity (Wildman–Crippen MR) is 80.6 cm³/mol. The van der Waals surface area contributed by atoms with E-state index in [1.807, 2.05) is 0 Å². The molecule has 2 aromatic rings. The molecule has 7 nitrogen and oxygen atoms in total. The quantitative estimate of drug-likeness (QED) is 0.705. The Balaban J connectivity index is 2.50. The van der Waals surface area contributed by atoms with Crippen LogP contribution in [-0.4, -0.2) is 24.5 Å². The number of rotatable bonds is 4. The number of nitrogens with one attached hydrogen (secondary N) is 1. The molecule has 0 saturated carbocycles. The monoisotopic (exact) mass is 371 g/mol. The number of nitrogens with zero attached hydrogens (tertiary/aromatic N) is 1. The van der Waals surface area contributed by atoms with Crippen molar-refractivity contribution >= 4 is 43.3 Å². The van der Waals surface area contributed by atoms with Crippen molar-refractivity contribution in [3.63, 3.8) is 0 Å². The first kappa shape index (κ1) is 15.3. The molecule has 1 aromatic carbocycles. The minimum atomic E-state index is -4.07. The molecule has 9 heteroatoms. The van der Waals surface area contributed by atoms with Crippen LogP contribution in [0.15, 0.2) is 46.0 Å². The van der Waals surface area contributed by atoms with Crippen LogP contribution in [0.25, 0.3) is 0 Å². The molecule has 0 aliphatic rings. The van der Waals surface area contributed by atoms with Crippen molar-refractivity contribution in [2.24, 2.45) is 0 Å². The first-order valence-corrected chi connectivity index (χ1v) is 7.84. The number of sulfonamides is 1. The number of carboxylic acid groups (broad SMARTS) is 1. The van der Waals surface area contributed by atoms with Crippen LogP contribution in [0.3, 0.4) is 0 Å². The Kier molecular flexibility index (Phi) is 4.14. The standard InChI is InChI=1S/C12H10BrN3O4S/c13-9-6-15-4-3-10(9)16-21(19,20)11-2-1-7(14)5-8(11)12(17)18/h1-6H,14H2,(H,15,16)(H,17,18). The molecule has 1 heterocycles. The number of halogens is 1. The minimum Gasteiger partial charge on any atom is -0.478 e. The van der Waals surface area contributed by atoms with E-state index in [0.29, 0.717) is 4.47 Å². The van der Waals surface area contributed by atoms with Gasteiger partial charge < -0.3 is 10.8 Å². The Labute approximate surface area is 129 Å². The third-order valence-corrected chi connectivity index (χ3v) is 4.60. The molecule has 0 aliphatic carbocycles. The highest BCUT2D eigenvalue weighted by Crippen LogP contribution is 2.26. The van der Waals surface area contributed by atoms with Gasteiger partial charge >= 0.3 is 5.97 Å². The van der Waals surface area contributed by atoms with Gasteiger partial charge in [-0.05, 0) is 40.2 Å². The maximum Gasteiger partial charge on any atom is 0.337 e. The number of nitrogens with two attached hydrogens (primary N) is 1. The Hall–Kier alpha value is -2.13. The highest BCUT2D eigenvalue weighted by molar-refractivity contribution is 9.10. The number of hydrogen-bond acceptors (Lipinski definition) is 5. The van der Waals surface area contributed by atoms with Gasteiger partial charge in [-0.2, -0.15) is 0 Å². The Morgan fingerprint density at radius 3 is 2.67 bits per heavy atom. The van der Waals surface area contributed by atoms with Crippen LogP contribution in [0.4, 0.5) is 11.4 Å². The van der Waals surface area contributed by atoms with E-state index in [-0.39, 0.29) is 16.3 Å². The van der Waals surface area contributed by atoms with E-state index >= 15 is 0 Å². The maximum absolute atomic E-state index is 12.3. The molecule has 21 heavy (non-hydrogen) atoms. The summed E-state index contributed by atoms with van der Waals surface area (Å²) in [7, 11) is -4.07. The molecule has 0 atom stereocenters. The van der Waals surface area contributed by atoms with E-state index in [1.165, 1.54) is 24.5 Å². The predicted octanol–water partition coefficient (Wildman–Crippen LogP) is 1.93. The maximum atomic E-state index is 12.3. The smallest absolute Gasteiger partial charge is 0.337 e. The SMILES string of the molecule is Nc1ccc(S(=O)(=O)Nc2ccncc2Br)c(C(=O)O)c1. The third-order valence-electron chi connectivity index (χ3n) is 2.54. The fourth-order valence-electron chi connectivity index (χ4n) is 1.61. The van der Waals surface area contributed by atoms with Gasteiger partial charge in [0.2, 0.25) is 0 Å². The fourth-order valence-corrected chi connectivity index (χ4v) is 3.35. The molecule has 0 unspecified atom stereocenters. The van der Waals surface area contributed by atoms with Gasteiger partial charge in [-0.3, -0.25) is 9.71 Å². The van der Waals surface area contributed by atoms with Crippen LogP contribution >= 0.6 is 15.9 Å². The largest absolute Gasteiger partial charge is 0.478 e. The van der Waals surface area contributed by atoms with Gasteiger partial charge in [0.15, 0.2) is 0 Å². The van der Waals surface area contributed by atoms with Crippen molar-refractivity contribution < 1.29 is 18.3 Å². The summed E-state index contributed by atoms with van der Waals surface area (Å²) in [5.41, 5.74) is 5.51. The zero-order valence-electron chi connectivity index (χ0n) is 10.4. The van der Waals surface area contributed by atoms with Gasteiger partial charge in [-0.15, -0.1) is 0 Å². The second kappa shape index (κ2) is 5.70. The summed E-state index contributed by atoms with van der Waals surface area (Å²) in [4.78, 5) is 14.6. The molecule has 1 aromatic heterocycles. The summed E-state index contributed by atoms with van der Waals surface area (Å²) in [5, 5.41) is 9.11. The molecule has 2 rings (SSSR count). The lowest BCUT2D eigenvalue weighted by molar-refractivity contribution is 0.0692. The fraction of sp³-hybridized carbons (Fsp3) is 0. The van der Waals surface area contributed by atoms with Crippen LogP contribution in [0, 0.1) is 0 Å². The van der Waals surface area contributed by atoms with Crippen molar-refractivity contribution in [2.75, 3.05) is 10.5 Å². The Morgan fingerprint density at radius 2 is 2.05 bits per heavy atom. The topological polar surface area (TPSA) is 122 Å². The van der Waals surface area contributed by atoms with Gasteiger partial charge in [-0.25, -0.2) is 13.2 Å². The zero-order valence-corrected chi connectivity index (χ0v) is 12.8. The average molecular weight is 372 g/mol. The molecule has 0 fully saturated rings. The molecule has 110 valence electrons. The van der Waals surface area contributed by atoms with Gasteiger partial charge in [0, 0.05) is 18.1 Å². The van der Waals surface area contributed by atoms with E-state index in [2.05, 4.69) is 25.6 Å². The molecule has 4 N–H and O–H groups in total. The lowest BCUT2D eigenvalue weighted by Crippen LogP contribution is -2.17. The number of pyridine rings is 1. The zero-order chi connectivity index (χ0) is 15.6. The Morgan fingerprint density at radius 1 is 1.33 bits per heavy atom. The van der Waals surface area contributed by atoms with Crippen molar-refractivity contribution in [2.45, 2.75) is 4.90 Å². The van der Waals surface area contributed by atoms with Gasteiger partial charge in [-0.1, -0.05) is 0 Å². The molecule has 0 bridgehead atoms. The highest BCUT2D eigenvalue weighted by atomic mass is 79.9. The number of aromatic nitrogens is 1. The van der Waals surface area contributed by atoms with Crippen LogP contribution in [0.1, 0.15) is 10.4 Å². The number of aromatic carboxylic acids is 1. The number of carbonyl (C=O) groups is 1. The van der Waals surface area contributed by atoms with E-state index in [9.17, 15) is 13.2 Å². The second-order valence-corrected chi connectivity index (χ2v) is 6.53. The summed E-state index contributed by atoms with van der Waals surface area (Å²) in [6.45, 7) is 0. The Bertz CT molecular complexity index is 808. The summed E-state index contributed by atoms with van der Waals surface area (Å²) in [5.74, 6) is -1.38. The number of benzene rings is 1. The van der Waals surface area contributed by atoms with E-state index in [1.54, 1.807) is 0 Å². The van der Waals surface area contributed by atoms with Gasteiger partial charge in [0.1, 0.15) is 4.90 Å². The summed E-state index contributed by atoms with van der Waals surface area (Å²) in [6.07, 6.45) is 2.82. The molecule has 0 amide bonds. The average Bonchev–Trinajstić information content (AvgIpc) is 2.40. The van der Waals surface area contributed by atoms with Gasteiger partial charge in [0.25, 0.3) is 10.0 Å². The van der Waals surface area contributed by atoms with Gasteiger partial charge in [0.05, 0.1) is 15.7 Å². The van der Waals surface area contributed by atoms with Crippen molar-refractivity contribution in [3.05, 3.63) is 46.7 Å². The van der Waals surface area contributed by atoms with Crippen molar-refractivity contribution in [3.8, 4) is 0 Å². The number of carboxylic acids is 1. The first-order chi connectivity index (χ1) is 9.81. The highest BCUT2D eigenvalue weighted by Gasteiger charge is 2.23. The van der Waals surface area contributed by atoms with Crippen molar-refractivity contribution in [1.29, 1.82) is 0 Å². The summed E-state index contributed by atoms with van der Waals surface area (Å²) >= 11 is 3.15. The van der Waals surface area contributed by atoms with E-state index < -0.39 is 21.6 Å². The lowest BCUT2D eigenvalue weighted by Gasteiger charge is -2.11. The number of hydrogen-bond donors (Lipinski definition) is 3. The molecule has 0 aliphatic heterocycles. The number of nitrogen functional groups attached to an aromatic ring is 1. The second-order valence-electron chi connectivity index (χ2n) is 4.02. The van der Waals surface area contributed by atoms with Crippen LogP contribution in [0.2, 0.25) is 0 Å². The van der Waals surface area contributed by atoms with Crippen molar-refractivity contribution in [1.82, 2.24) is 4.98 Å². The third kappa shape index (κ3) is 3.31. The minimum absolute atomic E-state index is 0.163. The van der Waals surface area contributed by atoms with E-state index in [4.69, 9.17) is 10.8 Å². The number of anilines is 2. The van der Waals surface area contributed by atoms with Crippen LogP contribution in [-0.2, 0) is 10.0 Å². The molecular weight excluding hydrogens is 362 g/mol. The van der Waals surface area contributed by atoms with E-state index in [0.717, 1.165) is 12.1 Å². The summed E-state index contributed by atoms with van der Waals surface area (Å²) in [6, 6.07) is 5.01. The van der Waals surface area contributed by atoms with Crippen LogP contribution in [0.5, 0.6) is 0 Å². The molecular formula is C12H10BrN3O4S. The van der Waals surface area contributed by atoms with Crippen LogP contribution < -0.4 is 10.5 Å². The summed E-state index contributed by atoms with van der Waals surface area (Å²) < 4.78 is 27.4. The molecule has 0 saturated heterocycles. The molecule has 0 spiro atoms.